The van der Waals surface area contributed by atoms with Gasteiger partial charge in [0.05, 0.1) is 6.42 Å². The van der Waals surface area contributed by atoms with Gasteiger partial charge in [-0.3, -0.25) is 4.79 Å². The van der Waals surface area contributed by atoms with E-state index in [1.807, 2.05) is 0 Å². The molecule has 0 spiro atoms. The number of hydrogen-bond donors (Lipinski definition) is 2. The van der Waals surface area contributed by atoms with Gasteiger partial charge in [0.15, 0.2) is 0 Å². The van der Waals surface area contributed by atoms with Crippen molar-refractivity contribution in [2.75, 3.05) is 5.32 Å². The Labute approximate surface area is 114 Å². The molecule has 0 saturated heterocycles. The second kappa shape index (κ2) is 4.73. The lowest BCUT2D eigenvalue weighted by molar-refractivity contribution is -0.115. The fraction of sp³-hybridized carbons (Fsp3) is 0.143. The van der Waals surface area contributed by atoms with Crippen molar-refractivity contribution >= 4 is 17.6 Å². The SMILES string of the molecule is O=C1Cc2cc(OCc3ccc(C(=O)O)o3)ccc2N1. The molecule has 20 heavy (non-hydrogen) atoms. The van der Waals surface area contributed by atoms with Gasteiger partial charge in [0.25, 0.3) is 0 Å². The van der Waals surface area contributed by atoms with Crippen LogP contribution >= 0.6 is 0 Å². The summed E-state index contributed by atoms with van der Waals surface area (Å²) in [5, 5.41) is 11.5. The fourth-order valence-corrected chi connectivity index (χ4v) is 2.02. The molecule has 3 rings (SSSR count). The molecule has 1 aliphatic heterocycles. The van der Waals surface area contributed by atoms with Gasteiger partial charge in [-0.1, -0.05) is 0 Å². The Balaban J connectivity index is 1.68. The first-order chi connectivity index (χ1) is 9.61. The number of fused-ring (bicyclic) bond motifs is 1. The van der Waals surface area contributed by atoms with E-state index in [0.717, 1.165) is 11.3 Å². The number of carboxylic acid groups (broad SMARTS) is 1. The molecular formula is C14H11NO5. The van der Waals surface area contributed by atoms with Crippen LogP contribution in [-0.2, 0) is 17.8 Å². The van der Waals surface area contributed by atoms with Crippen LogP contribution in [0.3, 0.4) is 0 Å². The van der Waals surface area contributed by atoms with E-state index < -0.39 is 5.97 Å². The van der Waals surface area contributed by atoms with Crippen molar-refractivity contribution < 1.29 is 23.8 Å². The maximum Gasteiger partial charge on any atom is 0.371 e. The predicted octanol–water partition coefficient (Wildman–Crippen LogP) is 2.05. The Bertz CT molecular complexity index is 689. The van der Waals surface area contributed by atoms with Crippen LogP contribution < -0.4 is 10.1 Å². The number of furan rings is 1. The summed E-state index contributed by atoms with van der Waals surface area (Å²) < 4.78 is 10.6. The van der Waals surface area contributed by atoms with Crippen LogP contribution in [0.5, 0.6) is 5.75 Å². The van der Waals surface area contributed by atoms with Crippen LogP contribution in [0.4, 0.5) is 5.69 Å². The van der Waals surface area contributed by atoms with E-state index in [1.165, 1.54) is 6.07 Å². The van der Waals surface area contributed by atoms with Gasteiger partial charge >= 0.3 is 5.97 Å². The third kappa shape index (κ3) is 2.35. The molecule has 2 N–H and O–H groups in total. The minimum absolute atomic E-state index is 0.0331. The highest BCUT2D eigenvalue weighted by atomic mass is 16.5. The largest absolute Gasteiger partial charge is 0.486 e. The molecule has 102 valence electrons. The van der Waals surface area contributed by atoms with Crippen molar-refractivity contribution in [3.63, 3.8) is 0 Å². The highest BCUT2D eigenvalue weighted by Gasteiger charge is 2.18. The molecule has 0 aliphatic carbocycles. The normalized spacial score (nSPS) is 12.9. The molecule has 0 saturated carbocycles. The van der Waals surface area contributed by atoms with Crippen molar-refractivity contribution in [3.8, 4) is 5.75 Å². The number of aromatic carboxylic acids is 1. The highest BCUT2D eigenvalue weighted by Crippen LogP contribution is 2.27. The predicted molar refractivity (Wildman–Crippen MR) is 68.8 cm³/mol. The summed E-state index contributed by atoms with van der Waals surface area (Å²) in [7, 11) is 0. The van der Waals surface area contributed by atoms with E-state index in [2.05, 4.69) is 5.32 Å². The zero-order valence-electron chi connectivity index (χ0n) is 10.4. The Morgan fingerprint density at radius 1 is 1.35 bits per heavy atom. The van der Waals surface area contributed by atoms with Crippen LogP contribution in [0.25, 0.3) is 0 Å². The van der Waals surface area contributed by atoms with Crippen LogP contribution in [0.2, 0.25) is 0 Å². The van der Waals surface area contributed by atoms with Gasteiger partial charge in [0, 0.05) is 5.69 Å². The summed E-state index contributed by atoms with van der Waals surface area (Å²) in [6.45, 7) is 0.132. The second-order valence-electron chi connectivity index (χ2n) is 4.40. The molecule has 0 atom stereocenters. The van der Waals surface area contributed by atoms with Gasteiger partial charge in [-0.05, 0) is 35.9 Å². The first kappa shape index (κ1) is 12.3. The lowest BCUT2D eigenvalue weighted by atomic mass is 10.1. The zero-order chi connectivity index (χ0) is 14.1. The van der Waals surface area contributed by atoms with Gasteiger partial charge in [-0.2, -0.15) is 0 Å². The van der Waals surface area contributed by atoms with E-state index in [-0.39, 0.29) is 18.3 Å². The highest BCUT2D eigenvalue weighted by molar-refractivity contribution is 5.99. The van der Waals surface area contributed by atoms with Gasteiger partial charge < -0.3 is 19.6 Å². The summed E-state index contributed by atoms with van der Waals surface area (Å²) in [4.78, 5) is 21.9. The summed E-state index contributed by atoms with van der Waals surface area (Å²) in [5.41, 5.74) is 1.69. The maximum absolute atomic E-state index is 11.2. The van der Waals surface area contributed by atoms with E-state index in [9.17, 15) is 9.59 Å². The number of amides is 1. The third-order valence-electron chi connectivity index (χ3n) is 2.96. The minimum atomic E-state index is -1.11. The summed E-state index contributed by atoms with van der Waals surface area (Å²) in [6, 6.07) is 8.24. The smallest absolute Gasteiger partial charge is 0.371 e. The third-order valence-corrected chi connectivity index (χ3v) is 2.96. The van der Waals surface area contributed by atoms with Gasteiger partial charge in [0.1, 0.15) is 18.1 Å². The number of ether oxygens (including phenoxy) is 1. The number of nitrogens with one attached hydrogen (secondary N) is 1. The molecule has 2 aromatic rings. The van der Waals surface area contributed by atoms with Crippen molar-refractivity contribution in [1.29, 1.82) is 0 Å². The number of anilines is 1. The van der Waals surface area contributed by atoms with E-state index in [0.29, 0.717) is 17.9 Å². The topological polar surface area (TPSA) is 88.8 Å². The van der Waals surface area contributed by atoms with Crippen molar-refractivity contribution in [2.24, 2.45) is 0 Å². The van der Waals surface area contributed by atoms with Gasteiger partial charge in [-0.15, -0.1) is 0 Å². The number of hydrogen-bond acceptors (Lipinski definition) is 4. The lowest BCUT2D eigenvalue weighted by Crippen LogP contribution is -2.03. The maximum atomic E-state index is 11.2. The monoisotopic (exact) mass is 273 g/mol. The average molecular weight is 273 g/mol. The van der Waals surface area contributed by atoms with Crippen LogP contribution in [-0.4, -0.2) is 17.0 Å². The molecule has 1 aliphatic rings. The van der Waals surface area contributed by atoms with Crippen LogP contribution in [0, 0.1) is 0 Å². The molecule has 0 unspecified atom stereocenters. The van der Waals surface area contributed by atoms with Gasteiger partial charge in [0.2, 0.25) is 11.7 Å². The summed E-state index contributed by atoms with van der Waals surface area (Å²) in [6.07, 6.45) is 0.344. The molecule has 0 radical (unpaired) electrons. The van der Waals surface area contributed by atoms with E-state index >= 15 is 0 Å². The molecule has 6 heteroatoms. The molecule has 0 fully saturated rings. The first-order valence-electron chi connectivity index (χ1n) is 5.99. The Morgan fingerprint density at radius 2 is 2.20 bits per heavy atom. The number of rotatable bonds is 4. The van der Waals surface area contributed by atoms with Crippen LogP contribution in [0.1, 0.15) is 21.9 Å². The average Bonchev–Trinajstić information content (AvgIpc) is 3.00. The lowest BCUT2D eigenvalue weighted by Gasteiger charge is -2.06. The molecule has 1 aromatic heterocycles. The summed E-state index contributed by atoms with van der Waals surface area (Å²) >= 11 is 0. The molecule has 0 bridgehead atoms. The molecule has 1 aromatic carbocycles. The number of carbonyl (C=O) groups excluding carboxylic acids is 1. The molecule has 6 nitrogen and oxygen atoms in total. The Morgan fingerprint density at radius 3 is 2.95 bits per heavy atom. The van der Waals surface area contributed by atoms with Crippen molar-refractivity contribution in [2.45, 2.75) is 13.0 Å². The Hall–Kier alpha value is -2.76. The molecule has 2 heterocycles. The Kier molecular flexibility index (Phi) is 2.90. The first-order valence-corrected chi connectivity index (χ1v) is 5.99. The standard InChI is InChI=1S/C14H11NO5/c16-13-6-8-5-9(1-3-11(8)15-13)19-7-10-2-4-12(20-10)14(17)18/h1-5H,6-7H2,(H,15,16)(H,17,18). The van der Waals surface area contributed by atoms with Crippen LogP contribution in [0.15, 0.2) is 34.7 Å². The zero-order valence-corrected chi connectivity index (χ0v) is 10.4. The van der Waals surface area contributed by atoms with E-state index in [1.54, 1.807) is 24.3 Å². The van der Waals surface area contributed by atoms with E-state index in [4.69, 9.17) is 14.3 Å². The van der Waals surface area contributed by atoms with Crippen molar-refractivity contribution in [3.05, 3.63) is 47.4 Å². The minimum Gasteiger partial charge on any atom is -0.486 e. The molecular weight excluding hydrogens is 262 g/mol. The second-order valence-corrected chi connectivity index (χ2v) is 4.40. The number of benzene rings is 1. The number of carboxylic acids is 1. The number of carbonyl (C=O) groups is 2. The summed E-state index contributed by atoms with van der Waals surface area (Å²) in [5.74, 6) is -0.231. The van der Waals surface area contributed by atoms with Gasteiger partial charge in [-0.25, -0.2) is 4.79 Å². The fourth-order valence-electron chi connectivity index (χ4n) is 2.02. The van der Waals surface area contributed by atoms with Crippen molar-refractivity contribution in [1.82, 2.24) is 0 Å². The molecule has 1 amide bonds. The quantitative estimate of drug-likeness (QED) is 0.890.